The number of carbonyl (C=O) groups is 2. The number of carbonyl (C=O) groups excluding carboxylic acids is 2. The molecule has 1 heterocycles. The Bertz CT molecular complexity index is 906. The molecule has 2 aromatic carbocycles. The fraction of sp³-hybridized carbons (Fsp3) is 0.143. The van der Waals surface area contributed by atoms with E-state index >= 15 is 0 Å². The molecular formula is C21H16ClFO4. The molecule has 0 unspecified atom stereocenters. The topological polar surface area (TPSA) is 52.6 Å². The van der Waals surface area contributed by atoms with Crippen LogP contribution in [0.5, 0.6) is 0 Å². The Hall–Kier alpha value is -2.92. The van der Waals surface area contributed by atoms with Crippen molar-refractivity contribution in [1.82, 2.24) is 0 Å². The first-order chi connectivity index (χ1) is 13.0. The molecule has 138 valence electrons. The van der Waals surface area contributed by atoms with E-state index in [-0.39, 0.29) is 5.82 Å². The van der Waals surface area contributed by atoms with Gasteiger partial charge in [-0.2, -0.15) is 0 Å². The Morgan fingerprint density at radius 1 is 1.19 bits per heavy atom. The SMILES string of the molecule is COC(=O)[C@]1(/C=C/c2ccc(F)cc2)OC(=O)C=C(c2ccccc2)[C@H]1Cl. The van der Waals surface area contributed by atoms with Crippen molar-refractivity contribution in [2.45, 2.75) is 11.0 Å². The molecule has 0 radical (unpaired) electrons. The van der Waals surface area contributed by atoms with Crippen molar-refractivity contribution >= 4 is 35.2 Å². The zero-order valence-corrected chi connectivity index (χ0v) is 15.2. The molecule has 1 aliphatic rings. The maximum Gasteiger partial charge on any atom is 0.356 e. The highest BCUT2D eigenvalue weighted by Gasteiger charge is 2.52. The standard InChI is InChI=1S/C21H16ClFO4/c1-26-20(25)21(12-11-14-7-9-16(23)10-8-14)19(22)17(13-18(24)27-21)15-5-3-2-4-6-15/h2-13,19H,1H3/b12-11+/t19-,21-/m1/s1. The average Bonchev–Trinajstić information content (AvgIpc) is 2.69. The third-order valence-electron chi connectivity index (χ3n) is 4.20. The maximum atomic E-state index is 13.1. The normalized spacial score (nSPS) is 22.3. The highest BCUT2D eigenvalue weighted by atomic mass is 35.5. The van der Waals surface area contributed by atoms with E-state index in [1.165, 1.54) is 49.6 Å². The third kappa shape index (κ3) is 3.78. The van der Waals surface area contributed by atoms with E-state index in [4.69, 9.17) is 21.1 Å². The number of ether oxygens (including phenoxy) is 2. The first-order valence-electron chi connectivity index (χ1n) is 8.13. The van der Waals surface area contributed by atoms with E-state index in [0.29, 0.717) is 16.7 Å². The van der Waals surface area contributed by atoms with Crippen LogP contribution in [0.4, 0.5) is 4.39 Å². The van der Waals surface area contributed by atoms with Gasteiger partial charge in [0.05, 0.1) is 7.11 Å². The molecule has 2 aromatic rings. The quantitative estimate of drug-likeness (QED) is 0.588. The number of hydrogen-bond acceptors (Lipinski definition) is 4. The van der Waals surface area contributed by atoms with Gasteiger partial charge in [0.1, 0.15) is 11.2 Å². The van der Waals surface area contributed by atoms with Gasteiger partial charge in [0.15, 0.2) is 0 Å². The number of halogens is 2. The second kappa shape index (κ2) is 7.76. The number of hydrogen-bond donors (Lipinski definition) is 0. The fourth-order valence-corrected chi connectivity index (χ4v) is 3.22. The van der Waals surface area contributed by atoms with Crippen molar-refractivity contribution in [2.24, 2.45) is 0 Å². The van der Waals surface area contributed by atoms with Crippen LogP contribution in [-0.4, -0.2) is 30.0 Å². The molecule has 0 fully saturated rings. The van der Waals surface area contributed by atoms with E-state index in [0.717, 1.165) is 0 Å². The monoisotopic (exact) mass is 386 g/mol. The van der Waals surface area contributed by atoms with Crippen LogP contribution < -0.4 is 0 Å². The largest absolute Gasteiger partial charge is 0.466 e. The van der Waals surface area contributed by atoms with Gasteiger partial charge in [-0.25, -0.2) is 14.0 Å². The summed E-state index contributed by atoms with van der Waals surface area (Å²) in [7, 11) is 1.19. The Balaban J connectivity index is 2.05. The van der Waals surface area contributed by atoms with Gasteiger partial charge in [0.25, 0.3) is 0 Å². The molecule has 0 saturated heterocycles. The number of alkyl halides is 1. The Kier molecular flexibility index (Phi) is 5.42. The molecule has 0 spiro atoms. The number of benzene rings is 2. The minimum Gasteiger partial charge on any atom is -0.466 e. The van der Waals surface area contributed by atoms with Gasteiger partial charge in [0.2, 0.25) is 5.60 Å². The summed E-state index contributed by atoms with van der Waals surface area (Å²) in [4.78, 5) is 24.8. The molecule has 0 bridgehead atoms. The Morgan fingerprint density at radius 2 is 1.85 bits per heavy atom. The summed E-state index contributed by atoms with van der Waals surface area (Å²) in [6, 6.07) is 14.6. The van der Waals surface area contributed by atoms with Gasteiger partial charge in [-0.15, -0.1) is 11.6 Å². The molecule has 1 aliphatic heterocycles. The predicted molar refractivity (Wildman–Crippen MR) is 100 cm³/mol. The molecule has 0 saturated carbocycles. The van der Waals surface area contributed by atoms with Crippen LogP contribution in [0.25, 0.3) is 11.6 Å². The van der Waals surface area contributed by atoms with Gasteiger partial charge in [-0.1, -0.05) is 48.5 Å². The summed E-state index contributed by atoms with van der Waals surface area (Å²) in [6.07, 6.45) is 4.17. The van der Waals surface area contributed by atoms with E-state index < -0.39 is 22.9 Å². The summed E-state index contributed by atoms with van der Waals surface area (Å²) >= 11 is 6.61. The number of esters is 2. The van der Waals surface area contributed by atoms with Crippen LogP contribution >= 0.6 is 11.6 Å². The lowest BCUT2D eigenvalue weighted by Gasteiger charge is -2.36. The highest BCUT2D eigenvalue weighted by molar-refractivity contribution is 6.31. The molecule has 0 aliphatic carbocycles. The lowest BCUT2D eigenvalue weighted by Crippen LogP contribution is -2.52. The van der Waals surface area contributed by atoms with Gasteiger partial charge in [0, 0.05) is 6.08 Å². The third-order valence-corrected chi connectivity index (χ3v) is 4.76. The molecule has 0 aromatic heterocycles. The molecule has 2 atom stereocenters. The maximum absolute atomic E-state index is 13.1. The van der Waals surface area contributed by atoms with Crippen LogP contribution in [0.1, 0.15) is 11.1 Å². The lowest BCUT2D eigenvalue weighted by molar-refractivity contribution is -0.171. The minimum absolute atomic E-state index is 0.386. The van der Waals surface area contributed by atoms with Crippen molar-refractivity contribution in [3.05, 3.63) is 83.7 Å². The van der Waals surface area contributed by atoms with Crippen LogP contribution in [-0.2, 0) is 19.1 Å². The van der Waals surface area contributed by atoms with E-state index in [1.54, 1.807) is 24.3 Å². The molecule has 3 rings (SSSR count). The summed E-state index contributed by atoms with van der Waals surface area (Å²) in [5.41, 5.74) is -0.0995. The van der Waals surface area contributed by atoms with Crippen LogP contribution in [0.15, 0.2) is 66.7 Å². The van der Waals surface area contributed by atoms with Crippen LogP contribution in [0.3, 0.4) is 0 Å². The minimum atomic E-state index is -1.85. The van der Waals surface area contributed by atoms with Crippen molar-refractivity contribution in [2.75, 3.05) is 7.11 Å². The van der Waals surface area contributed by atoms with Gasteiger partial charge in [-0.3, -0.25) is 0 Å². The van der Waals surface area contributed by atoms with Crippen molar-refractivity contribution < 1.29 is 23.5 Å². The van der Waals surface area contributed by atoms with Gasteiger partial charge < -0.3 is 9.47 Å². The first kappa shape index (κ1) is 18.9. The zero-order valence-electron chi connectivity index (χ0n) is 14.4. The van der Waals surface area contributed by atoms with E-state index in [2.05, 4.69) is 0 Å². The van der Waals surface area contributed by atoms with Crippen LogP contribution in [0.2, 0.25) is 0 Å². The molecule has 27 heavy (non-hydrogen) atoms. The molecular weight excluding hydrogens is 371 g/mol. The first-order valence-corrected chi connectivity index (χ1v) is 8.57. The number of cyclic esters (lactones) is 1. The molecule has 0 amide bonds. The summed E-state index contributed by atoms with van der Waals surface area (Å²) in [6.45, 7) is 0. The lowest BCUT2D eigenvalue weighted by atomic mass is 9.86. The summed E-state index contributed by atoms with van der Waals surface area (Å²) < 4.78 is 23.3. The van der Waals surface area contributed by atoms with Crippen molar-refractivity contribution in [3.8, 4) is 0 Å². The van der Waals surface area contributed by atoms with E-state index in [9.17, 15) is 14.0 Å². The van der Waals surface area contributed by atoms with Crippen LogP contribution in [0, 0.1) is 5.82 Å². The highest BCUT2D eigenvalue weighted by Crippen LogP contribution is 2.39. The second-order valence-electron chi connectivity index (χ2n) is 5.92. The molecule has 4 nitrogen and oxygen atoms in total. The predicted octanol–water partition coefficient (Wildman–Crippen LogP) is 4.00. The van der Waals surface area contributed by atoms with Crippen molar-refractivity contribution in [3.63, 3.8) is 0 Å². The second-order valence-corrected chi connectivity index (χ2v) is 6.36. The Morgan fingerprint density at radius 3 is 2.48 bits per heavy atom. The number of methoxy groups -OCH3 is 1. The zero-order chi connectivity index (χ0) is 19.4. The van der Waals surface area contributed by atoms with E-state index in [1.807, 2.05) is 6.07 Å². The Labute approximate surface area is 160 Å². The molecule has 6 heteroatoms. The average molecular weight is 387 g/mol. The summed E-state index contributed by atoms with van der Waals surface area (Å²) in [5.74, 6) is -1.90. The molecule has 0 N–H and O–H groups in total. The van der Waals surface area contributed by atoms with Gasteiger partial charge in [-0.05, 0) is 34.9 Å². The number of rotatable bonds is 4. The smallest absolute Gasteiger partial charge is 0.356 e. The fourth-order valence-electron chi connectivity index (χ4n) is 2.82. The van der Waals surface area contributed by atoms with Crippen molar-refractivity contribution in [1.29, 1.82) is 0 Å². The summed E-state index contributed by atoms with van der Waals surface area (Å²) in [5, 5.41) is -1.01. The van der Waals surface area contributed by atoms with Gasteiger partial charge >= 0.3 is 11.9 Å².